The van der Waals surface area contributed by atoms with Gasteiger partial charge in [0, 0.05) is 0 Å². The molecule has 1 aromatic rings. The first-order valence-corrected chi connectivity index (χ1v) is 15.2. The Morgan fingerprint density at radius 1 is 1.05 bits per heavy atom. The fraction of sp³-hybridized carbons (Fsp3) is 0.750. The molecule has 5 rings (SSSR count). The molecule has 0 aromatic heterocycles. The van der Waals surface area contributed by atoms with E-state index in [-0.39, 0.29) is 41.5 Å². The molecule has 3 saturated carbocycles. The van der Waals surface area contributed by atoms with Gasteiger partial charge in [0.05, 0.1) is 28.8 Å². The van der Waals surface area contributed by atoms with Crippen LogP contribution < -0.4 is 10.6 Å². The molecule has 0 unspecified atom stereocenters. The summed E-state index contributed by atoms with van der Waals surface area (Å²) in [7, 11) is -0.566. The minimum Gasteiger partial charge on any atom is -0.445 e. The second-order valence-corrected chi connectivity index (χ2v) is 15.0. The number of hydrogen-bond donors (Lipinski definition) is 2. The Bertz CT molecular complexity index is 1090. The number of ether oxygens (including phenoxy) is 2. The van der Waals surface area contributed by atoms with Gasteiger partial charge in [-0.1, -0.05) is 58.0 Å². The van der Waals surface area contributed by atoms with Gasteiger partial charge < -0.3 is 29.4 Å². The lowest BCUT2D eigenvalue weighted by molar-refractivity contribution is -0.199. The van der Waals surface area contributed by atoms with E-state index in [1.165, 1.54) is 0 Å². The summed E-state index contributed by atoms with van der Waals surface area (Å²) >= 11 is 0. The number of nitrogens with one attached hydrogen (secondary N) is 2. The maximum Gasteiger partial charge on any atom is 0.481 e. The first kappa shape index (κ1) is 31.8. The molecule has 4 aliphatic rings. The van der Waals surface area contributed by atoms with Gasteiger partial charge in [-0.3, -0.25) is 4.79 Å². The summed E-state index contributed by atoms with van der Waals surface area (Å²) in [6.45, 7) is 20.6. The summed E-state index contributed by atoms with van der Waals surface area (Å²) in [5, 5.41) is 6.00. The molecule has 0 spiro atoms. The van der Waals surface area contributed by atoms with Crippen LogP contribution in [0.2, 0.25) is 0 Å². The molecule has 9 heteroatoms. The van der Waals surface area contributed by atoms with Crippen molar-refractivity contribution >= 4 is 19.1 Å². The van der Waals surface area contributed by atoms with E-state index in [0.29, 0.717) is 18.3 Å². The van der Waals surface area contributed by atoms with Crippen LogP contribution in [0.4, 0.5) is 4.79 Å². The Labute approximate surface area is 247 Å². The first-order valence-electron chi connectivity index (χ1n) is 15.2. The van der Waals surface area contributed by atoms with Gasteiger partial charge in [-0.25, -0.2) is 4.79 Å². The van der Waals surface area contributed by atoms with Crippen LogP contribution in [-0.2, 0) is 30.2 Å². The van der Waals surface area contributed by atoms with Gasteiger partial charge in [0.15, 0.2) is 0 Å². The van der Waals surface area contributed by atoms with Gasteiger partial charge >= 0.3 is 13.2 Å². The summed E-state index contributed by atoms with van der Waals surface area (Å²) in [4.78, 5) is 27.0. The van der Waals surface area contributed by atoms with Gasteiger partial charge in [-0.05, 0) is 89.5 Å². The van der Waals surface area contributed by atoms with Gasteiger partial charge in [-0.15, -0.1) is 0 Å². The van der Waals surface area contributed by atoms with Crippen LogP contribution in [0.5, 0.6) is 0 Å². The van der Waals surface area contributed by atoms with E-state index in [9.17, 15) is 9.59 Å². The van der Waals surface area contributed by atoms with Crippen molar-refractivity contribution in [2.24, 2.45) is 23.2 Å². The van der Waals surface area contributed by atoms with E-state index in [4.69, 9.17) is 18.8 Å². The van der Waals surface area contributed by atoms with Crippen LogP contribution in [0, 0.1) is 23.2 Å². The van der Waals surface area contributed by atoms with E-state index in [1.54, 1.807) is 0 Å². The van der Waals surface area contributed by atoms with Crippen molar-refractivity contribution in [3.8, 4) is 0 Å². The predicted octanol–water partition coefficient (Wildman–Crippen LogP) is 5.67. The number of alkyl carbamates (subject to hydrolysis) is 1. The third kappa shape index (κ3) is 6.94. The third-order valence-electron chi connectivity index (χ3n) is 9.35. The number of carbonyl (C=O) groups is 2. The average Bonchev–Trinajstić information content (AvgIpc) is 3.21. The molecule has 0 radical (unpaired) electrons. The van der Waals surface area contributed by atoms with Crippen LogP contribution >= 0.6 is 0 Å². The van der Waals surface area contributed by atoms with Crippen molar-refractivity contribution in [1.29, 1.82) is 0 Å². The molecular formula is C32H51BN2O6. The number of amides is 2. The van der Waals surface area contributed by atoms with E-state index < -0.39 is 30.5 Å². The quantitative estimate of drug-likeness (QED) is 0.352. The highest BCUT2D eigenvalue weighted by Gasteiger charge is 2.68. The first-order chi connectivity index (χ1) is 18.9. The standard InChI is InChI=1S/C32H51BN2O6/c1-20(2)16-25(33-39-24-18-22-17-23(30(22,6)7)32(24,10)41-33)34-27(36)26(31(8,9)40-29(3,4)5)35-28(37)38-19-21-14-12-11-13-15-21/h11-15,20,22-26H,16-19H2,1-10H3,(H,34,36)(H,35,37)/t22-,23-,24+,25-,26+,32-/m0/s1. The van der Waals surface area contributed by atoms with Crippen molar-refractivity contribution < 1.29 is 28.4 Å². The van der Waals surface area contributed by atoms with Gasteiger partial charge in [-0.2, -0.15) is 0 Å². The maximum absolute atomic E-state index is 14.0. The summed E-state index contributed by atoms with van der Waals surface area (Å²) in [5.41, 5.74) is -0.888. The van der Waals surface area contributed by atoms with Crippen LogP contribution in [0.15, 0.2) is 30.3 Å². The lowest BCUT2D eigenvalue weighted by atomic mass is 9.43. The molecule has 1 heterocycles. The Morgan fingerprint density at radius 2 is 1.71 bits per heavy atom. The Balaban J connectivity index is 1.51. The number of rotatable bonds is 10. The maximum atomic E-state index is 14.0. The molecular weight excluding hydrogens is 519 g/mol. The van der Waals surface area contributed by atoms with E-state index >= 15 is 0 Å². The number of hydrogen-bond acceptors (Lipinski definition) is 6. The molecule has 2 N–H and O–H groups in total. The Morgan fingerprint density at radius 3 is 2.29 bits per heavy atom. The van der Waals surface area contributed by atoms with Crippen LogP contribution in [-0.4, -0.2) is 54.0 Å². The van der Waals surface area contributed by atoms with Gasteiger partial charge in [0.25, 0.3) is 0 Å². The molecule has 1 aromatic carbocycles. The summed E-state index contributed by atoms with van der Waals surface area (Å²) < 4.78 is 25.1. The summed E-state index contributed by atoms with van der Waals surface area (Å²) in [6, 6.07) is 8.41. The fourth-order valence-corrected chi connectivity index (χ4v) is 7.37. The molecule has 4 fully saturated rings. The lowest BCUT2D eigenvalue weighted by Gasteiger charge is -2.64. The molecule has 228 valence electrons. The molecule has 1 aliphatic heterocycles. The Kier molecular flexibility index (Phi) is 8.95. The van der Waals surface area contributed by atoms with Gasteiger partial charge in [0.1, 0.15) is 12.6 Å². The molecule has 2 amide bonds. The lowest BCUT2D eigenvalue weighted by Crippen LogP contribution is -2.65. The van der Waals surface area contributed by atoms with Crippen molar-refractivity contribution in [2.75, 3.05) is 0 Å². The largest absolute Gasteiger partial charge is 0.481 e. The molecule has 2 bridgehead atoms. The van der Waals surface area contributed by atoms with E-state index in [1.807, 2.05) is 65.0 Å². The molecule has 41 heavy (non-hydrogen) atoms. The second kappa shape index (κ2) is 11.5. The monoisotopic (exact) mass is 570 g/mol. The minimum absolute atomic E-state index is 0.0124. The van der Waals surface area contributed by atoms with E-state index in [2.05, 4.69) is 45.3 Å². The molecule has 6 atom stereocenters. The molecule has 8 nitrogen and oxygen atoms in total. The Hall–Kier alpha value is -2.10. The zero-order valence-electron chi connectivity index (χ0n) is 26.7. The van der Waals surface area contributed by atoms with Crippen molar-refractivity contribution in [1.82, 2.24) is 10.6 Å². The van der Waals surface area contributed by atoms with Crippen molar-refractivity contribution in [2.45, 2.75) is 130 Å². The molecule has 1 saturated heterocycles. The highest BCUT2D eigenvalue weighted by Crippen LogP contribution is 2.65. The van der Waals surface area contributed by atoms with Crippen molar-refractivity contribution in [3.05, 3.63) is 35.9 Å². The number of benzene rings is 1. The smallest absolute Gasteiger partial charge is 0.445 e. The van der Waals surface area contributed by atoms with E-state index in [0.717, 1.165) is 18.4 Å². The highest BCUT2D eigenvalue weighted by molar-refractivity contribution is 6.48. The highest BCUT2D eigenvalue weighted by atomic mass is 16.7. The van der Waals surface area contributed by atoms with Crippen molar-refractivity contribution in [3.63, 3.8) is 0 Å². The molecule has 3 aliphatic carbocycles. The second-order valence-electron chi connectivity index (χ2n) is 15.0. The number of carbonyl (C=O) groups excluding carboxylic acids is 2. The fourth-order valence-electron chi connectivity index (χ4n) is 7.37. The predicted molar refractivity (Wildman–Crippen MR) is 160 cm³/mol. The summed E-state index contributed by atoms with van der Waals surface area (Å²) in [5.74, 6) is 0.594. The minimum atomic E-state index is -1.04. The SMILES string of the molecule is CC(C)C[C@H](NC(=O)[C@@H](NC(=O)OCc1ccccc1)C(C)(C)OC(C)(C)C)B1O[C@@H]2C[C@@H]3C[C@@H](C3(C)C)[C@]2(C)O1. The van der Waals surface area contributed by atoms with Crippen LogP contribution in [0.1, 0.15) is 94.1 Å². The average molecular weight is 571 g/mol. The summed E-state index contributed by atoms with van der Waals surface area (Å²) in [6.07, 6.45) is 2.13. The van der Waals surface area contributed by atoms with Gasteiger partial charge in [0.2, 0.25) is 5.91 Å². The normalized spacial score (nSPS) is 28.4. The third-order valence-corrected chi connectivity index (χ3v) is 9.35. The zero-order chi connectivity index (χ0) is 30.4. The topological polar surface area (TPSA) is 95.1 Å². The van der Waals surface area contributed by atoms with Crippen LogP contribution in [0.3, 0.4) is 0 Å². The zero-order valence-corrected chi connectivity index (χ0v) is 26.7. The van der Waals surface area contributed by atoms with Crippen LogP contribution in [0.25, 0.3) is 0 Å².